The first-order chi connectivity index (χ1) is 4.84. The molecular formula is C6H9NO2S. The fraction of sp³-hybridized carbons (Fsp3) is 0.500. The smallest absolute Gasteiger partial charge is 0.0919 e. The summed E-state index contributed by atoms with van der Waals surface area (Å²) in [5.41, 5.74) is 1.66. The predicted octanol–water partition coefficient (Wildman–Crippen LogP) is 0.559. The molecule has 0 fully saturated rings. The molecule has 0 saturated carbocycles. The van der Waals surface area contributed by atoms with Gasteiger partial charge in [0.15, 0.2) is 0 Å². The van der Waals surface area contributed by atoms with Crippen molar-refractivity contribution in [2.24, 2.45) is 0 Å². The van der Waals surface area contributed by atoms with Crippen LogP contribution >= 0.6 is 11.3 Å². The normalized spacial score (nSPS) is 13.4. The Hall–Kier alpha value is -0.450. The molecule has 56 valence electrons. The molecule has 1 heterocycles. The van der Waals surface area contributed by atoms with Crippen molar-refractivity contribution in [2.45, 2.75) is 12.5 Å². The van der Waals surface area contributed by atoms with Gasteiger partial charge in [0, 0.05) is 19.2 Å². The topological polar surface area (TPSA) is 53.4 Å². The Morgan fingerprint density at radius 3 is 3.00 bits per heavy atom. The number of thiazole rings is 1. The number of nitrogens with zero attached hydrogens (tertiary/aromatic N) is 1. The SMILES string of the molecule is OCCC(O)c1cncs1. The molecule has 3 nitrogen and oxygen atoms in total. The summed E-state index contributed by atoms with van der Waals surface area (Å²) in [6, 6.07) is 0. The van der Waals surface area contributed by atoms with Gasteiger partial charge >= 0.3 is 0 Å². The maximum absolute atomic E-state index is 9.22. The Labute approximate surface area is 63.0 Å². The predicted molar refractivity (Wildman–Crippen MR) is 38.8 cm³/mol. The van der Waals surface area contributed by atoms with Crippen LogP contribution in [-0.2, 0) is 0 Å². The van der Waals surface area contributed by atoms with Crippen LogP contribution in [0.15, 0.2) is 11.7 Å². The third kappa shape index (κ3) is 1.76. The van der Waals surface area contributed by atoms with Crippen molar-refractivity contribution in [3.63, 3.8) is 0 Å². The minimum Gasteiger partial charge on any atom is -0.396 e. The number of aliphatic hydroxyl groups is 2. The Bertz CT molecular complexity index is 176. The fourth-order valence-corrected chi connectivity index (χ4v) is 1.29. The third-order valence-electron chi connectivity index (χ3n) is 1.18. The standard InChI is InChI=1S/C6H9NO2S/c8-2-1-5(9)6-3-7-4-10-6/h3-5,8-9H,1-2H2. The molecule has 1 rings (SSSR count). The van der Waals surface area contributed by atoms with E-state index in [0.29, 0.717) is 6.42 Å². The molecular weight excluding hydrogens is 150 g/mol. The number of hydrogen-bond acceptors (Lipinski definition) is 4. The molecule has 0 aromatic carbocycles. The number of aliphatic hydroxyl groups excluding tert-OH is 2. The zero-order valence-corrected chi connectivity index (χ0v) is 6.21. The zero-order valence-electron chi connectivity index (χ0n) is 5.40. The second kappa shape index (κ2) is 3.65. The van der Waals surface area contributed by atoms with Gasteiger partial charge < -0.3 is 10.2 Å². The van der Waals surface area contributed by atoms with E-state index in [-0.39, 0.29) is 6.61 Å². The van der Waals surface area contributed by atoms with Crippen LogP contribution in [0.4, 0.5) is 0 Å². The quantitative estimate of drug-likeness (QED) is 0.677. The molecule has 0 saturated heterocycles. The van der Waals surface area contributed by atoms with Gasteiger partial charge in [-0.05, 0) is 0 Å². The third-order valence-corrected chi connectivity index (χ3v) is 2.06. The summed E-state index contributed by atoms with van der Waals surface area (Å²) < 4.78 is 0. The van der Waals surface area contributed by atoms with Crippen LogP contribution in [0.2, 0.25) is 0 Å². The molecule has 0 aliphatic heterocycles. The van der Waals surface area contributed by atoms with E-state index in [4.69, 9.17) is 5.11 Å². The summed E-state index contributed by atoms with van der Waals surface area (Å²) in [6.45, 7) is 0.0130. The molecule has 0 aliphatic carbocycles. The van der Waals surface area contributed by atoms with E-state index in [9.17, 15) is 5.11 Å². The van der Waals surface area contributed by atoms with Crippen LogP contribution in [0.1, 0.15) is 17.4 Å². The van der Waals surface area contributed by atoms with Crippen LogP contribution < -0.4 is 0 Å². The van der Waals surface area contributed by atoms with E-state index in [1.54, 1.807) is 11.7 Å². The van der Waals surface area contributed by atoms with Crippen molar-refractivity contribution in [1.82, 2.24) is 4.98 Å². The lowest BCUT2D eigenvalue weighted by molar-refractivity contribution is 0.137. The average molecular weight is 159 g/mol. The van der Waals surface area contributed by atoms with Gasteiger partial charge in [-0.2, -0.15) is 0 Å². The van der Waals surface area contributed by atoms with Crippen molar-refractivity contribution >= 4 is 11.3 Å². The molecule has 1 aromatic rings. The Balaban J connectivity index is 2.50. The molecule has 1 aromatic heterocycles. The Morgan fingerprint density at radius 2 is 2.50 bits per heavy atom. The van der Waals surface area contributed by atoms with Gasteiger partial charge in [-0.3, -0.25) is 4.98 Å². The molecule has 2 N–H and O–H groups in total. The first-order valence-electron chi connectivity index (χ1n) is 3.02. The lowest BCUT2D eigenvalue weighted by Gasteiger charge is -2.02. The van der Waals surface area contributed by atoms with E-state index < -0.39 is 6.10 Å². The Morgan fingerprint density at radius 1 is 1.70 bits per heavy atom. The summed E-state index contributed by atoms with van der Waals surface area (Å²) in [5.74, 6) is 0. The molecule has 0 bridgehead atoms. The summed E-state index contributed by atoms with van der Waals surface area (Å²) >= 11 is 1.40. The highest BCUT2D eigenvalue weighted by Crippen LogP contribution is 2.18. The van der Waals surface area contributed by atoms with Crippen LogP contribution in [0.5, 0.6) is 0 Å². The van der Waals surface area contributed by atoms with Crippen molar-refractivity contribution in [3.8, 4) is 0 Å². The summed E-state index contributed by atoms with van der Waals surface area (Å²) in [6.07, 6.45) is 1.46. The maximum atomic E-state index is 9.22. The van der Waals surface area contributed by atoms with Crippen LogP contribution in [-0.4, -0.2) is 21.8 Å². The molecule has 0 amide bonds. The fourth-order valence-electron chi connectivity index (χ4n) is 0.655. The average Bonchev–Trinajstić information content (AvgIpc) is 2.38. The number of rotatable bonds is 3. The minimum absolute atomic E-state index is 0.0130. The first kappa shape index (κ1) is 7.65. The summed E-state index contributed by atoms with van der Waals surface area (Å²) in [5, 5.41) is 17.7. The maximum Gasteiger partial charge on any atom is 0.0919 e. The molecule has 10 heavy (non-hydrogen) atoms. The largest absolute Gasteiger partial charge is 0.396 e. The van der Waals surface area contributed by atoms with Crippen molar-refractivity contribution in [2.75, 3.05) is 6.61 Å². The molecule has 0 spiro atoms. The molecule has 1 atom stereocenters. The minimum atomic E-state index is -0.544. The zero-order chi connectivity index (χ0) is 7.40. The van der Waals surface area contributed by atoms with E-state index >= 15 is 0 Å². The highest BCUT2D eigenvalue weighted by molar-refractivity contribution is 7.09. The molecule has 4 heteroatoms. The summed E-state index contributed by atoms with van der Waals surface area (Å²) in [4.78, 5) is 4.62. The highest BCUT2D eigenvalue weighted by Gasteiger charge is 2.06. The van der Waals surface area contributed by atoms with E-state index in [0.717, 1.165) is 4.88 Å². The van der Waals surface area contributed by atoms with Gasteiger partial charge in [0.1, 0.15) is 0 Å². The summed E-state index contributed by atoms with van der Waals surface area (Å²) in [7, 11) is 0. The van der Waals surface area contributed by atoms with Gasteiger partial charge in [0.2, 0.25) is 0 Å². The molecule has 1 unspecified atom stereocenters. The highest BCUT2D eigenvalue weighted by atomic mass is 32.1. The second-order valence-corrected chi connectivity index (χ2v) is 2.85. The first-order valence-corrected chi connectivity index (χ1v) is 3.90. The van der Waals surface area contributed by atoms with Gasteiger partial charge in [0.05, 0.1) is 16.5 Å². The lowest BCUT2D eigenvalue weighted by Crippen LogP contribution is -1.96. The van der Waals surface area contributed by atoms with Gasteiger partial charge in [-0.1, -0.05) is 0 Å². The van der Waals surface area contributed by atoms with Crippen LogP contribution in [0.3, 0.4) is 0 Å². The van der Waals surface area contributed by atoms with Gasteiger partial charge in [-0.25, -0.2) is 0 Å². The molecule has 0 radical (unpaired) electrons. The monoisotopic (exact) mass is 159 g/mol. The van der Waals surface area contributed by atoms with Gasteiger partial charge in [-0.15, -0.1) is 11.3 Å². The second-order valence-electron chi connectivity index (χ2n) is 1.93. The van der Waals surface area contributed by atoms with E-state index in [1.165, 1.54) is 11.3 Å². The van der Waals surface area contributed by atoms with Crippen molar-refractivity contribution in [1.29, 1.82) is 0 Å². The van der Waals surface area contributed by atoms with E-state index in [2.05, 4.69) is 4.98 Å². The van der Waals surface area contributed by atoms with Crippen LogP contribution in [0.25, 0.3) is 0 Å². The lowest BCUT2D eigenvalue weighted by atomic mass is 10.2. The number of hydrogen-bond donors (Lipinski definition) is 2. The van der Waals surface area contributed by atoms with Crippen molar-refractivity contribution < 1.29 is 10.2 Å². The number of aromatic nitrogens is 1. The van der Waals surface area contributed by atoms with Crippen LogP contribution in [0, 0.1) is 0 Å². The van der Waals surface area contributed by atoms with Crippen molar-refractivity contribution in [3.05, 3.63) is 16.6 Å². The Kier molecular flexibility index (Phi) is 2.80. The van der Waals surface area contributed by atoms with E-state index in [1.807, 2.05) is 0 Å². The molecule has 0 aliphatic rings. The van der Waals surface area contributed by atoms with Gasteiger partial charge in [0.25, 0.3) is 0 Å².